The third-order valence-corrected chi connectivity index (χ3v) is 2.68. The average Bonchev–Trinajstić information content (AvgIpc) is 2.28. The smallest absolute Gasteiger partial charge is 0.257 e. The summed E-state index contributed by atoms with van der Waals surface area (Å²) in [5.74, 6) is -0.744. The highest BCUT2D eigenvalue weighted by atomic mass is 19.1. The van der Waals surface area contributed by atoms with Crippen LogP contribution in [0, 0.1) is 12.7 Å². The topological polar surface area (TPSA) is 46.3 Å². The Bertz CT molecular complexity index is 404. The highest BCUT2D eigenvalue weighted by molar-refractivity contribution is 5.94. The van der Waals surface area contributed by atoms with Crippen molar-refractivity contribution >= 4 is 5.91 Å². The number of amides is 1. The van der Waals surface area contributed by atoms with Gasteiger partial charge in [0, 0.05) is 19.1 Å². The van der Waals surface area contributed by atoms with Gasteiger partial charge in [-0.2, -0.15) is 0 Å². The van der Waals surface area contributed by atoms with E-state index in [1.54, 1.807) is 24.0 Å². The van der Waals surface area contributed by atoms with Crippen LogP contribution in [0.5, 0.6) is 0 Å². The lowest BCUT2D eigenvalue weighted by Gasteiger charge is -2.26. The van der Waals surface area contributed by atoms with Crippen molar-refractivity contribution in [1.82, 2.24) is 4.90 Å². The molecule has 0 aliphatic rings. The van der Waals surface area contributed by atoms with E-state index in [9.17, 15) is 9.18 Å². The van der Waals surface area contributed by atoms with Gasteiger partial charge >= 0.3 is 0 Å². The Morgan fingerprint density at radius 2 is 2.12 bits per heavy atom. The van der Waals surface area contributed by atoms with Gasteiger partial charge in [-0.05, 0) is 32.4 Å². The van der Waals surface area contributed by atoms with E-state index in [1.807, 2.05) is 13.8 Å². The molecule has 0 aromatic heterocycles. The van der Waals surface area contributed by atoms with E-state index in [1.165, 1.54) is 6.07 Å². The molecule has 0 fully saturated rings. The fourth-order valence-corrected chi connectivity index (χ4v) is 1.70. The quantitative estimate of drug-likeness (QED) is 0.871. The van der Waals surface area contributed by atoms with Crippen LogP contribution in [0.2, 0.25) is 0 Å². The lowest BCUT2D eigenvalue weighted by Crippen LogP contribution is -2.40. The lowest BCUT2D eigenvalue weighted by molar-refractivity contribution is 0.0707. The first kappa shape index (κ1) is 13.6. The number of carbonyl (C=O) groups excluding carboxylic acids is 1. The standard InChI is InChI=1S/C13H19FN2O/c1-9(2)16(8-7-15)13(17)11-6-4-5-10(3)12(11)14/h4-6,9H,7-8,15H2,1-3H3. The number of hydrogen-bond acceptors (Lipinski definition) is 2. The van der Waals surface area contributed by atoms with Gasteiger partial charge in [-0.15, -0.1) is 0 Å². The highest BCUT2D eigenvalue weighted by Crippen LogP contribution is 2.15. The van der Waals surface area contributed by atoms with Gasteiger partial charge in [0.1, 0.15) is 5.82 Å². The van der Waals surface area contributed by atoms with E-state index in [0.29, 0.717) is 18.7 Å². The molecule has 0 saturated carbocycles. The zero-order valence-electron chi connectivity index (χ0n) is 10.5. The molecule has 0 aliphatic heterocycles. The van der Waals surface area contributed by atoms with Crippen LogP contribution in [-0.2, 0) is 0 Å². The second-order valence-electron chi connectivity index (χ2n) is 4.32. The Balaban J connectivity index is 3.05. The lowest BCUT2D eigenvalue weighted by atomic mass is 10.1. The van der Waals surface area contributed by atoms with Crippen molar-refractivity contribution in [3.63, 3.8) is 0 Å². The Morgan fingerprint density at radius 1 is 1.47 bits per heavy atom. The van der Waals surface area contributed by atoms with E-state index in [0.717, 1.165) is 0 Å². The van der Waals surface area contributed by atoms with Crippen molar-refractivity contribution in [2.75, 3.05) is 13.1 Å². The summed E-state index contributed by atoms with van der Waals surface area (Å²) in [6.07, 6.45) is 0. The van der Waals surface area contributed by atoms with Gasteiger partial charge in [0.25, 0.3) is 5.91 Å². The molecule has 1 aromatic rings. The van der Waals surface area contributed by atoms with E-state index in [-0.39, 0.29) is 17.5 Å². The first-order chi connectivity index (χ1) is 7.99. The SMILES string of the molecule is Cc1cccc(C(=O)N(CCN)C(C)C)c1F. The van der Waals surface area contributed by atoms with Gasteiger partial charge in [-0.1, -0.05) is 12.1 Å². The van der Waals surface area contributed by atoms with Crippen molar-refractivity contribution in [3.8, 4) is 0 Å². The molecule has 1 amide bonds. The molecule has 4 heteroatoms. The van der Waals surface area contributed by atoms with Crippen molar-refractivity contribution in [2.24, 2.45) is 5.73 Å². The highest BCUT2D eigenvalue weighted by Gasteiger charge is 2.21. The molecular weight excluding hydrogens is 219 g/mol. The second kappa shape index (κ2) is 5.77. The summed E-state index contributed by atoms with van der Waals surface area (Å²) in [6, 6.07) is 4.85. The van der Waals surface area contributed by atoms with Gasteiger partial charge < -0.3 is 10.6 Å². The van der Waals surface area contributed by atoms with Crippen LogP contribution < -0.4 is 5.73 Å². The number of hydrogen-bond donors (Lipinski definition) is 1. The molecule has 1 aromatic carbocycles. The molecule has 1 rings (SSSR count). The molecule has 2 N–H and O–H groups in total. The zero-order valence-corrected chi connectivity index (χ0v) is 10.5. The first-order valence-electron chi connectivity index (χ1n) is 5.75. The minimum Gasteiger partial charge on any atom is -0.335 e. The van der Waals surface area contributed by atoms with Crippen LogP contribution in [0.15, 0.2) is 18.2 Å². The van der Waals surface area contributed by atoms with Crippen LogP contribution in [0.3, 0.4) is 0 Å². The Hall–Kier alpha value is -1.42. The summed E-state index contributed by atoms with van der Waals surface area (Å²) >= 11 is 0. The summed E-state index contributed by atoms with van der Waals surface area (Å²) in [4.78, 5) is 13.8. The number of nitrogens with two attached hydrogens (primary N) is 1. The molecule has 94 valence electrons. The average molecular weight is 238 g/mol. The van der Waals surface area contributed by atoms with Crippen molar-refractivity contribution in [2.45, 2.75) is 26.8 Å². The van der Waals surface area contributed by atoms with Gasteiger partial charge in [0.05, 0.1) is 5.56 Å². The molecule has 0 heterocycles. The van der Waals surface area contributed by atoms with E-state index >= 15 is 0 Å². The van der Waals surface area contributed by atoms with Gasteiger partial charge in [-0.3, -0.25) is 4.79 Å². The van der Waals surface area contributed by atoms with Gasteiger partial charge in [0.15, 0.2) is 0 Å². The maximum Gasteiger partial charge on any atom is 0.257 e. The molecule has 0 unspecified atom stereocenters. The minimum absolute atomic E-state index is 0.00552. The molecule has 0 radical (unpaired) electrons. The number of carbonyl (C=O) groups is 1. The van der Waals surface area contributed by atoms with E-state index in [2.05, 4.69) is 0 Å². The molecular formula is C13H19FN2O. The summed E-state index contributed by atoms with van der Waals surface area (Å²) in [5.41, 5.74) is 6.06. The predicted molar refractivity (Wildman–Crippen MR) is 66.4 cm³/mol. The molecule has 0 saturated heterocycles. The molecule has 0 spiro atoms. The fraction of sp³-hybridized carbons (Fsp3) is 0.462. The Kier molecular flexibility index (Phi) is 4.63. The third kappa shape index (κ3) is 3.03. The maximum absolute atomic E-state index is 13.8. The third-order valence-electron chi connectivity index (χ3n) is 2.68. The number of nitrogens with zero attached hydrogens (tertiary/aromatic N) is 1. The van der Waals surface area contributed by atoms with Gasteiger partial charge in [-0.25, -0.2) is 4.39 Å². The Morgan fingerprint density at radius 3 is 2.65 bits per heavy atom. The van der Waals surface area contributed by atoms with E-state index in [4.69, 9.17) is 5.73 Å². The molecule has 0 atom stereocenters. The predicted octanol–water partition coefficient (Wildman–Crippen LogP) is 1.94. The largest absolute Gasteiger partial charge is 0.335 e. The zero-order chi connectivity index (χ0) is 13.0. The van der Waals surface area contributed by atoms with Crippen LogP contribution in [0.4, 0.5) is 4.39 Å². The molecule has 3 nitrogen and oxygen atoms in total. The van der Waals surface area contributed by atoms with Crippen molar-refractivity contribution < 1.29 is 9.18 Å². The maximum atomic E-state index is 13.8. The number of rotatable bonds is 4. The van der Waals surface area contributed by atoms with Crippen LogP contribution in [0.1, 0.15) is 29.8 Å². The molecule has 0 aliphatic carbocycles. The molecule has 0 bridgehead atoms. The van der Waals surface area contributed by atoms with Crippen LogP contribution in [-0.4, -0.2) is 29.9 Å². The van der Waals surface area contributed by atoms with Crippen LogP contribution in [0.25, 0.3) is 0 Å². The summed E-state index contributed by atoms with van der Waals surface area (Å²) in [5, 5.41) is 0. The normalized spacial score (nSPS) is 10.7. The number of aryl methyl sites for hydroxylation is 1. The van der Waals surface area contributed by atoms with Crippen LogP contribution >= 0.6 is 0 Å². The minimum atomic E-state index is -0.444. The second-order valence-corrected chi connectivity index (χ2v) is 4.32. The van der Waals surface area contributed by atoms with Crippen molar-refractivity contribution in [1.29, 1.82) is 0 Å². The number of halogens is 1. The summed E-state index contributed by atoms with van der Waals surface area (Å²) in [7, 11) is 0. The fourth-order valence-electron chi connectivity index (χ4n) is 1.70. The summed E-state index contributed by atoms with van der Waals surface area (Å²) < 4.78 is 13.8. The summed E-state index contributed by atoms with van der Waals surface area (Å²) in [6.45, 7) is 6.23. The van der Waals surface area contributed by atoms with E-state index < -0.39 is 5.82 Å². The molecule has 17 heavy (non-hydrogen) atoms. The number of benzene rings is 1. The first-order valence-corrected chi connectivity index (χ1v) is 5.75. The van der Waals surface area contributed by atoms with Gasteiger partial charge in [0.2, 0.25) is 0 Å². The Labute approximate surface area is 101 Å². The van der Waals surface area contributed by atoms with Crippen molar-refractivity contribution in [3.05, 3.63) is 35.1 Å². The monoisotopic (exact) mass is 238 g/mol.